The van der Waals surface area contributed by atoms with Crippen molar-refractivity contribution in [1.29, 1.82) is 0 Å². The molecule has 1 N–H and O–H groups in total. The molecule has 3 amide bonds. The number of likely N-dealkylation sites (tertiary alicyclic amines) is 1. The van der Waals surface area contributed by atoms with Crippen LogP contribution in [-0.2, 0) is 0 Å². The Kier molecular flexibility index (Phi) is 6.83. The topological polar surface area (TPSA) is 69.7 Å². The number of hydrogen-bond acceptors (Lipinski definition) is 4. The van der Waals surface area contributed by atoms with Gasteiger partial charge in [-0.2, -0.15) is 0 Å². The highest BCUT2D eigenvalue weighted by atomic mass is 16.2. The van der Waals surface area contributed by atoms with Crippen molar-refractivity contribution in [2.45, 2.75) is 46.0 Å². The molecule has 2 aliphatic heterocycles. The molecule has 0 unspecified atom stereocenters. The zero-order chi connectivity index (χ0) is 20.1. The Balaban J connectivity index is 1.51. The second-order valence-electron chi connectivity index (χ2n) is 8.01. The van der Waals surface area contributed by atoms with Gasteiger partial charge in [0.1, 0.15) is 0 Å². The van der Waals surface area contributed by atoms with Crippen LogP contribution in [0.15, 0.2) is 18.2 Å². The predicted molar refractivity (Wildman–Crippen MR) is 109 cm³/mol. The van der Waals surface area contributed by atoms with Crippen molar-refractivity contribution in [3.05, 3.63) is 34.9 Å². The van der Waals surface area contributed by atoms with E-state index in [9.17, 15) is 14.4 Å². The van der Waals surface area contributed by atoms with Crippen molar-refractivity contribution in [3.8, 4) is 0 Å². The molecule has 0 atom stereocenters. The van der Waals surface area contributed by atoms with Gasteiger partial charge in [-0.25, -0.2) is 0 Å². The van der Waals surface area contributed by atoms with Gasteiger partial charge in [-0.3, -0.25) is 19.3 Å². The molecule has 1 saturated heterocycles. The summed E-state index contributed by atoms with van der Waals surface area (Å²) in [7, 11) is 0. The number of hydrogen-bond donors (Lipinski definition) is 1. The molecule has 6 nitrogen and oxygen atoms in total. The van der Waals surface area contributed by atoms with E-state index in [1.807, 2.05) is 6.92 Å². The molecular weight excluding hydrogens is 354 g/mol. The Morgan fingerprint density at radius 1 is 1.07 bits per heavy atom. The molecule has 0 spiro atoms. The Bertz CT molecular complexity index is 739. The van der Waals surface area contributed by atoms with Crippen LogP contribution in [0.25, 0.3) is 0 Å². The predicted octanol–water partition coefficient (Wildman–Crippen LogP) is 2.93. The summed E-state index contributed by atoms with van der Waals surface area (Å²) in [6.07, 6.45) is 5.12. The van der Waals surface area contributed by atoms with Crippen molar-refractivity contribution in [1.82, 2.24) is 15.1 Å². The van der Waals surface area contributed by atoms with Crippen LogP contribution in [0.1, 0.15) is 77.0 Å². The lowest BCUT2D eigenvalue weighted by Gasteiger charge is -2.30. The average Bonchev–Trinajstić information content (AvgIpc) is 2.94. The number of amides is 3. The Labute approximate surface area is 167 Å². The van der Waals surface area contributed by atoms with E-state index in [1.54, 1.807) is 18.2 Å². The maximum Gasteiger partial charge on any atom is 0.261 e. The minimum Gasteiger partial charge on any atom is -0.352 e. The Morgan fingerprint density at radius 2 is 1.79 bits per heavy atom. The summed E-state index contributed by atoms with van der Waals surface area (Å²) >= 11 is 0. The van der Waals surface area contributed by atoms with E-state index in [-0.39, 0.29) is 17.7 Å². The molecule has 6 heteroatoms. The number of nitrogens with zero attached hydrogens (tertiary/aromatic N) is 2. The lowest BCUT2D eigenvalue weighted by atomic mass is 9.99. The summed E-state index contributed by atoms with van der Waals surface area (Å²) < 4.78 is 0. The van der Waals surface area contributed by atoms with Gasteiger partial charge in [0.2, 0.25) is 0 Å². The third-order valence-electron chi connectivity index (χ3n) is 5.78. The molecule has 152 valence electrons. The molecule has 0 saturated carbocycles. The largest absolute Gasteiger partial charge is 0.352 e. The van der Waals surface area contributed by atoms with Crippen molar-refractivity contribution in [2.24, 2.45) is 5.92 Å². The number of fused-ring (bicyclic) bond motifs is 1. The quantitative estimate of drug-likeness (QED) is 0.552. The third-order valence-corrected chi connectivity index (χ3v) is 5.78. The van der Waals surface area contributed by atoms with Crippen molar-refractivity contribution in [2.75, 3.05) is 32.7 Å². The van der Waals surface area contributed by atoms with Gasteiger partial charge in [-0.1, -0.05) is 20.3 Å². The molecule has 1 aromatic rings. The number of rotatable bonds is 8. The molecule has 2 heterocycles. The highest BCUT2D eigenvalue weighted by Gasteiger charge is 2.35. The van der Waals surface area contributed by atoms with Crippen LogP contribution in [0.2, 0.25) is 0 Å². The smallest absolute Gasteiger partial charge is 0.261 e. The van der Waals surface area contributed by atoms with E-state index < -0.39 is 0 Å². The number of imide groups is 1. The van der Waals surface area contributed by atoms with E-state index >= 15 is 0 Å². The summed E-state index contributed by atoms with van der Waals surface area (Å²) in [5.41, 5.74) is 1.18. The Hall–Kier alpha value is -2.21. The molecule has 2 aliphatic rings. The van der Waals surface area contributed by atoms with Crippen molar-refractivity contribution in [3.63, 3.8) is 0 Å². The number of carbonyl (C=O) groups is 3. The number of benzene rings is 1. The molecule has 0 aliphatic carbocycles. The lowest BCUT2D eigenvalue weighted by Crippen LogP contribution is -2.35. The van der Waals surface area contributed by atoms with Gasteiger partial charge in [0.05, 0.1) is 11.1 Å². The monoisotopic (exact) mass is 385 g/mol. The van der Waals surface area contributed by atoms with Gasteiger partial charge in [-0.15, -0.1) is 0 Å². The molecule has 0 bridgehead atoms. The summed E-state index contributed by atoms with van der Waals surface area (Å²) in [4.78, 5) is 41.1. The summed E-state index contributed by atoms with van der Waals surface area (Å²) in [5.74, 6) is 0.0873. The van der Waals surface area contributed by atoms with Crippen LogP contribution >= 0.6 is 0 Å². The van der Waals surface area contributed by atoms with Crippen LogP contribution < -0.4 is 5.32 Å². The van der Waals surface area contributed by atoms with Gasteiger partial charge < -0.3 is 10.2 Å². The molecular formula is C22H31N3O3. The number of carbonyl (C=O) groups excluding carboxylic acids is 3. The first-order chi connectivity index (χ1) is 13.5. The fraction of sp³-hybridized carbons (Fsp3) is 0.591. The SMILES string of the molecule is CCCCN1C(=O)c2ccc(C(=O)NCCCN3CCC(C)CC3)cc2C1=O. The highest BCUT2D eigenvalue weighted by molar-refractivity contribution is 6.22. The van der Waals surface area contributed by atoms with Gasteiger partial charge in [-0.05, 0) is 69.4 Å². The van der Waals surface area contributed by atoms with Gasteiger partial charge in [0.15, 0.2) is 0 Å². The van der Waals surface area contributed by atoms with Crippen LogP contribution in [0.3, 0.4) is 0 Å². The maximum atomic E-state index is 12.5. The highest BCUT2D eigenvalue weighted by Crippen LogP contribution is 2.24. The van der Waals surface area contributed by atoms with Gasteiger partial charge in [0.25, 0.3) is 17.7 Å². The number of nitrogens with one attached hydrogen (secondary N) is 1. The standard InChI is InChI=1S/C22H31N3O3/c1-3-4-12-25-21(27)18-7-6-17(15-19(18)22(25)28)20(26)23-10-5-11-24-13-8-16(2)9-14-24/h6-7,15-16H,3-5,8-14H2,1-2H3,(H,23,26). The minimum absolute atomic E-state index is 0.192. The zero-order valence-corrected chi connectivity index (χ0v) is 17.0. The second-order valence-corrected chi connectivity index (χ2v) is 8.01. The molecule has 1 fully saturated rings. The van der Waals surface area contributed by atoms with E-state index in [1.165, 1.54) is 17.7 Å². The van der Waals surface area contributed by atoms with Crippen LogP contribution in [-0.4, -0.2) is 60.2 Å². The van der Waals surface area contributed by atoms with Crippen LogP contribution in [0.4, 0.5) is 0 Å². The first-order valence-corrected chi connectivity index (χ1v) is 10.5. The molecule has 0 radical (unpaired) electrons. The first kappa shape index (κ1) is 20.5. The maximum absolute atomic E-state index is 12.5. The normalized spacial score (nSPS) is 17.9. The van der Waals surface area contributed by atoms with Gasteiger partial charge in [0, 0.05) is 18.7 Å². The molecule has 1 aromatic carbocycles. The van der Waals surface area contributed by atoms with E-state index in [2.05, 4.69) is 17.1 Å². The fourth-order valence-electron chi connectivity index (χ4n) is 3.84. The third kappa shape index (κ3) is 4.61. The van der Waals surface area contributed by atoms with Crippen molar-refractivity contribution < 1.29 is 14.4 Å². The number of unbranched alkanes of at least 4 members (excludes halogenated alkanes) is 1. The van der Waals surface area contributed by atoms with E-state index in [0.717, 1.165) is 44.8 Å². The summed E-state index contributed by atoms with van der Waals surface area (Å²) in [6.45, 7) is 8.64. The summed E-state index contributed by atoms with van der Waals surface area (Å²) in [5, 5.41) is 2.93. The molecule has 0 aromatic heterocycles. The van der Waals surface area contributed by atoms with Crippen LogP contribution in [0.5, 0.6) is 0 Å². The Morgan fingerprint density at radius 3 is 2.50 bits per heavy atom. The fourth-order valence-corrected chi connectivity index (χ4v) is 3.84. The minimum atomic E-state index is -0.289. The second kappa shape index (κ2) is 9.32. The first-order valence-electron chi connectivity index (χ1n) is 10.5. The van der Waals surface area contributed by atoms with Crippen molar-refractivity contribution >= 4 is 17.7 Å². The molecule has 3 rings (SSSR count). The lowest BCUT2D eigenvalue weighted by molar-refractivity contribution is 0.0652. The van der Waals surface area contributed by atoms with Crippen LogP contribution in [0, 0.1) is 5.92 Å². The van der Waals surface area contributed by atoms with E-state index in [4.69, 9.17) is 0 Å². The van der Waals surface area contributed by atoms with Gasteiger partial charge >= 0.3 is 0 Å². The zero-order valence-electron chi connectivity index (χ0n) is 17.0. The average molecular weight is 386 g/mol. The summed E-state index contributed by atoms with van der Waals surface area (Å²) in [6, 6.07) is 4.79. The number of piperidine rings is 1. The van der Waals surface area contributed by atoms with E-state index in [0.29, 0.717) is 29.8 Å². The molecule has 28 heavy (non-hydrogen) atoms.